The largest absolute Gasteiger partial charge is 0.447 e. The summed E-state index contributed by atoms with van der Waals surface area (Å²) in [7, 11) is 0. The molecule has 3 saturated heterocycles. The minimum absolute atomic E-state index is 0.000236. The van der Waals surface area contributed by atoms with Crippen LogP contribution in [0.4, 0.5) is 22.8 Å². The molecule has 1 N–H and O–H groups in total. The van der Waals surface area contributed by atoms with Gasteiger partial charge in [-0.1, -0.05) is 0 Å². The summed E-state index contributed by atoms with van der Waals surface area (Å²) in [5.41, 5.74) is -0.329. The van der Waals surface area contributed by atoms with E-state index in [0.29, 0.717) is 37.7 Å². The third kappa shape index (κ3) is 3.35. The Labute approximate surface area is 171 Å². The molecule has 4 aliphatic rings. The molecule has 30 heavy (non-hydrogen) atoms. The van der Waals surface area contributed by atoms with E-state index in [4.69, 9.17) is 4.74 Å². The number of nitrogens with zero attached hydrogens (tertiary/aromatic N) is 3. The molecular formula is C20H23F3N4O3. The third-order valence-corrected chi connectivity index (χ3v) is 6.88. The van der Waals surface area contributed by atoms with Crippen LogP contribution in [-0.2, 0) is 17.3 Å². The quantitative estimate of drug-likeness (QED) is 0.792. The zero-order valence-electron chi connectivity index (χ0n) is 16.4. The summed E-state index contributed by atoms with van der Waals surface area (Å²) in [6.45, 7) is 2.69. The first kappa shape index (κ1) is 19.4. The molecule has 0 bridgehead atoms. The lowest BCUT2D eigenvalue weighted by Gasteiger charge is -2.53. The standard InChI is InChI=1S/C20H23F3N4O3/c21-20(22,23)14-1-2-15(24-7-14)5-13-3-4-18(6-13)8-26(9-18)17(29)27-10-19(11-27)12-30-16(28)25-19/h1-2,7,13H,3-6,8-12H2,(H,25,28). The van der Waals surface area contributed by atoms with Crippen LogP contribution in [0.1, 0.15) is 30.5 Å². The number of hydrogen-bond acceptors (Lipinski definition) is 4. The Bertz CT molecular complexity index is 861. The van der Waals surface area contributed by atoms with E-state index in [9.17, 15) is 22.8 Å². The van der Waals surface area contributed by atoms with Gasteiger partial charge in [-0.05, 0) is 43.7 Å². The Hall–Kier alpha value is -2.52. The molecule has 4 fully saturated rings. The van der Waals surface area contributed by atoms with Crippen molar-refractivity contribution in [3.63, 3.8) is 0 Å². The second-order valence-electron chi connectivity index (χ2n) is 9.33. The first-order chi connectivity index (χ1) is 14.2. The molecule has 5 rings (SSSR count). The summed E-state index contributed by atoms with van der Waals surface area (Å²) >= 11 is 0. The van der Waals surface area contributed by atoms with Gasteiger partial charge in [0, 0.05) is 30.4 Å². The maximum atomic E-state index is 12.7. The number of halogens is 3. The average molecular weight is 424 g/mol. The van der Waals surface area contributed by atoms with Crippen LogP contribution in [0.5, 0.6) is 0 Å². The highest BCUT2D eigenvalue weighted by molar-refractivity contribution is 5.78. The number of rotatable bonds is 2. The van der Waals surface area contributed by atoms with Gasteiger partial charge >= 0.3 is 18.3 Å². The van der Waals surface area contributed by atoms with Crippen molar-refractivity contribution < 1.29 is 27.5 Å². The summed E-state index contributed by atoms with van der Waals surface area (Å²) in [5.74, 6) is 0.379. The monoisotopic (exact) mass is 424 g/mol. The highest BCUT2D eigenvalue weighted by Crippen LogP contribution is 2.49. The van der Waals surface area contributed by atoms with Crippen molar-refractivity contribution in [3.8, 4) is 0 Å². The summed E-state index contributed by atoms with van der Waals surface area (Å²) < 4.78 is 43.0. The van der Waals surface area contributed by atoms with Gasteiger partial charge in [0.2, 0.25) is 0 Å². The lowest BCUT2D eigenvalue weighted by atomic mass is 9.77. The Morgan fingerprint density at radius 3 is 2.57 bits per heavy atom. The van der Waals surface area contributed by atoms with Gasteiger partial charge in [-0.3, -0.25) is 4.98 Å². The SMILES string of the molecule is O=C1NC2(CO1)CN(C(=O)N1CC3(CCC(Cc4ccc(C(F)(F)F)cn4)C3)C1)C2. The van der Waals surface area contributed by atoms with Crippen LogP contribution in [0.3, 0.4) is 0 Å². The zero-order chi connectivity index (χ0) is 21.1. The molecule has 0 radical (unpaired) electrons. The minimum atomic E-state index is -4.36. The molecule has 1 saturated carbocycles. The lowest BCUT2D eigenvalue weighted by Crippen LogP contribution is -2.73. The van der Waals surface area contributed by atoms with Crippen LogP contribution in [-0.4, -0.2) is 65.2 Å². The average Bonchev–Trinajstić information content (AvgIpc) is 3.22. The highest BCUT2D eigenvalue weighted by Gasteiger charge is 2.55. The normalized spacial score (nSPS) is 26.4. The predicted molar refractivity (Wildman–Crippen MR) is 98.5 cm³/mol. The third-order valence-electron chi connectivity index (χ3n) is 6.88. The zero-order valence-corrected chi connectivity index (χ0v) is 16.4. The van der Waals surface area contributed by atoms with Crippen LogP contribution < -0.4 is 5.32 Å². The summed E-state index contributed by atoms with van der Waals surface area (Å²) in [6.07, 6.45) is -0.227. The molecule has 3 aliphatic heterocycles. The van der Waals surface area contributed by atoms with Gasteiger partial charge in [0.25, 0.3) is 0 Å². The van der Waals surface area contributed by atoms with E-state index in [-0.39, 0.29) is 11.4 Å². The molecule has 4 heterocycles. The van der Waals surface area contributed by atoms with Gasteiger partial charge in [-0.2, -0.15) is 13.2 Å². The van der Waals surface area contributed by atoms with Crippen LogP contribution in [0.25, 0.3) is 0 Å². The van der Waals surface area contributed by atoms with Crippen molar-refractivity contribution in [2.24, 2.45) is 11.3 Å². The second kappa shape index (κ2) is 6.49. The molecule has 162 valence electrons. The number of alkyl halides is 3. The summed E-state index contributed by atoms with van der Waals surface area (Å²) in [4.78, 5) is 31.5. The van der Waals surface area contributed by atoms with Gasteiger partial charge in [-0.15, -0.1) is 0 Å². The Balaban J connectivity index is 1.10. The van der Waals surface area contributed by atoms with Crippen molar-refractivity contribution in [1.82, 2.24) is 20.1 Å². The fourth-order valence-electron chi connectivity index (χ4n) is 5.38. The van der Waals surface area contributed by atoms with Gasteiger partial charge in [0.1, 0.15) is 12.1 Å². The minimum Gasteiger partial charge on any atom is -0.447 e. The van der Waals surface area contributed by atoms with Gasteiger partial charge in [0.05, 0.1) is 18.7 Å². The van der Waals surface area contributed by atoms with Crippen LogP contribution in [0.2, 0.25) is 0 Å². The topological polar surface area (TPSA) is 74.8 Å². The number of carbonyl (C=O) groups is 2. The molecule has 3 amide bonds. The van der Waals surface area contributed by atoms with E-state index < -0.39 is 23.4 Å². The highest BCUT2D eigenvalue weighted by atomic mass is 19.4. The Morgan fingerprint density at radius 1 is 1.23 bits per heavy atom. The second-order valence-corrected chi connectivity index (χ2v) is 9.33. The fraction of sp³-hybridized carbons (Fsp3) is 0.650. The van der Waals surface area contributed by atoms with E-state index >= 15 is 0 Å². The number of nitrogens with one attached hydrogen (secondary N) is 1. The molecule has 10 heteroatoms. The molecule has 1 atom stereocenters. The first-order valence-electron chi connectivity index (χ1n) is 10.2. The summed E-state index contributed by atoms with van der Waals surface area (Å²) in [5, 5.41) is 2.77. The fourth-order valence-corrected chi connectivity index (χ4v) is 5.38. The number of likely N-dealkylation sites (tertiary alicyclic amines) is 2. The number of pyridine rings is 1. The predicted octanol–water partition coefficient (Wildman–Crippen LogP) is 2.66. The van der Waals surface area contributed by atoms with Gasteiger partial charge < -0.3 is 19.9 Å². The van der Waals surface area contributed by atoms with Crippen LogP contribution >= 0.6 is 0 Å². The van der Waals surface area contributed by atoms with Crippen molar-refractivity contribution in [2.75, 3.05) is 32.8 Å². The number of urea groups is 1. The molecule has 2 spiro atoms. The number of hydrogen-bond donors (Lipinski definition) is 1. The number of aromatic nitrogens is 1. The van der Waals surface area contributed by atoms with E-state index in [2.05, 4.69) is 10.3 Å². The molecule has 1 unspecified atom stereocenters. The number of alkyl carbamates (subject to hydrolysis) is 1. The van der Waals surface area contributed by atoms with Crippen molar-refractivity contribution in [2.45, 2.75) is 37.4 Å². The van der Waals surface area contributed by atoms with Crippen molar-refractivity contribution in [1.29, 1.82) is 0 Å². The molecule has 1 aromatic heterocycles. The Morgan fingerprint density at radius 2 is 1.97 bits per heavy atom. The van der Waals surface area contributed by atoms with E-state index in [0.717, 1.165) is 44.6 Å². The summed E-state index contributed by atoms with van der Waals surface area (Å²) in [6, 6.07) is 2.56. The lowest BCUT2D eigenvalue weighted by molar-refractivity contribution is -0.137. The number of carbonyl (C=O) groups excluding carboxylic acids is 2. The van der Waals surface area contributed by atoms with E-state index in [1.54, 1.807) is 4.90 Å². The van der Waals surface area contributed by atoms with E-state index in [1.807, 2.05) is 4.90 Å². The molecular weight excluding hydrogens is 401 g/mol. The van der Waals surface area contributed by atoms with E-state index in [1.165, 1.54) is 6.07 Å². The van der Waals surface area contributed by atoms with Crippen LogP contribution in [0, 0.1) is 11.3 Å². The van der Waals surface area contributed by atoms with Gasteiger partial charge in [-0.25, -0.2) is 9.59 Å². The number of amides is 3. The smallest absolute Gasteiger partial charge is 0.417 e. The number of cyclic esters (lactones) is 1. The molecule has 7 nitrogen and oxygen atoms in total. The molecule has 0 aromatic carbocycles. The van der Waals surface area contributed by atoms with Gasteiger partial charge in [0.15, 0.2) is 0 Å². The van der Waals surface area contributed by atoms with Crippen molar-refractivity contribution in [3.05, 3.63) is 29.6 Å². The first-order valence-corrected chi connectivity index (χ1v) is 10.2. The molecule has 1 aromatic rings. The number of ether oxygens (including phenoxy) is 1. The molecule has 1 aliphatic carbocycles. The van der Waals surface area contributed by atoms with Crippen molar-refractivity contribution >= 4 is 12.1 Å². The maximum absolute atomic E-state index is 12.7. The Kier molecular flexibility index (Phi) is 4.20. The maximum Gasteiger partial charge on any atom is 0.417 e. The van der Waals surface area contributed by atoms with Crippen LogP contribution in [0.15, 0.2) is 18.3 Å².